The monoisotopic (exact) mass is 246 g/mol. The van der Waals surface area contributed by atoms with Crippen LogP contribution in [0.4, 0.5) is 4.79 Å². The maximum Gasteiger partial charge on any atom is 0.334 e. The molecule has 0 saturated heterocycles. The molecule has 0 bridgehead atoms. The van der Waals surface area contributed by atoms with E-state index < -0.39 is 12.1 Å². The normalized spacial score (nSPS) is 14.2. The molecule has 0 aliphatic heterocycles. The van der Waals surface area contributed by atoms with Crippen LogP contribution in [0.5, 0.6) is 0 Å². The van der Waals surface area contributed by atoms with Crippen LogP contribution in [0.2, 0.25) is 0 Å². The van der Waals surface area contributed by atoms with Gasteiger partial charge in [-0.1, -0.05) is 13.8 Å². The van der Waals surface area contributed by atoms with Gasteiger partial charge in [-0.15, -0.1) is 0 Å². The Kier molecular flexibility index (Phi) is 6.57. The van der Waals surface area contributed by atoms with Crippen molar-refractivity contribution in [3.8, 4) is 0 Å². The summed E-state index contributed by atoms with van der Waals surface area (Å²) in [6, 6.07) is -0.310. The Morgan fingerprint density at radius 3 is 2.24 bits per heavy atom. The fourth-order valence-electron chi connectivity index (χ4n) is 1.44. The lowest BCUT2D eigenvalue weighted by atomic mass is 10.0. The standard InChI is InChI=1S/C11H22N2O4/c1-7(2)5-8(3)13(4)11(17)12-6-9(14)10(15)16/h7-9,14H,5-6H2,1-4H3,(H,12,17)(H,15,16)/t8?,9-/m0/s1. The molecular formula is C11H22N2O4. The van der Waals surface area contributed by atoms with Gasteiger partial charge in [0.2, 0.25) is 0 Å². The number of aliphatic carboxylic acids is 1. The molecule has 1 unspecified atom stereocenters. The van der Waals surface area contributed by atoms with Gasteiger partial charge >= 0.3 is 12.0 Å². The first-order valence-corrected chi connectivity index (χ1v) is 5.67. The molecule has 0 saturated carbocycles. The zero-order chi connectivity index (χ0) is 13.6. The lowest BCUT2D eigenvalue weighted by Crippen LogP contribution is -2.46. The summed E-state index contributed by atoms with van der Waals surface area (Å²) in [4.78, 5) is 23.5. The fourth-order valence-corrected chi connectivity index (χ4v) is 1.44. The summed E-state index contributed by atoms with van der Waals surface area (Å²) < 4.78 is 0. The van der Waals surface area contributed by atoms with Crippen molar-refractivity contribution in [3.63, 3.8) is 0 Å². The van der Waals surface area contributed by atoms with Gasteiger partial charge in [0.1, 0.15) is 0 Å². The first kappa shape index (κ1) is 15.7. The van der Waals surface area contributed by atoms with Gasteiger partial charge in [-0.2, -0.15) is 0 Å². The summed E-state index contributed by atoms with van der Waals surface area (Å²) in [7, 11) is 1.65. The Morgan fingerprint density at radius 1 is 1.29 bits per heavy atom. The van der Waals surface area contributed by atoms with E-state index in [4.69, 9.17) is 10.2 Å². The molecule has 0 fully saturated rings. The predicted octanol–water partition coefficient (Wildman–Crippen LogP) is 0.508. The van der Waals surface area contributed by atoms with E-state index in [1.54, 1.807) is 7.05 Å². The lowest BCUT2D eigenvalue weighted by molar-refractivity contribution is -0.146. The minimum absolute atomic E-state index is 0.0666. The zero-order valence-electron chi connectivity index (χ0n) is 10.8. The number of urea groups is 1. The first-order chi connectivity index (χ1) is 7.75. The molecule has 0 aliphatic rings. The van der Waals surface area contributed by atoms with Crippen molar-refractivity contribution in [1.29, 1.82) is 0 Å². The topological polar surface area (TPSA) is 89.9 Å². The van der Waals surface area contributed by atoms with Crippen molar-refractivity contribution in [2.24, 2.45) is 5.92 Å². The van der Waals surface area contributed by atoms with Gasteiger partial charge in [-0.05, 0) is 19.3 Å². The number of nitrogens with zero attached hydrogens (tertiary/aromatic N) is 1. The fraction of sp³-hybridized carbons (Fsp3) is 0.818. The predicted molar refractivity (Wildman–Crippen MR) is 63.7 cm³/mol. The summed E-state index contributed by atoms with van der Waals surface area (Å²) in [5.41, 5.74) is 0. The quantitative estimate of drug-likeness (QED) is 0.637. The summed E-state index contributed by atoms with van der Waals surface area (Å²) >= 11 is 0. The second-order valence-electron chi connectivity index (χ2n) is 4.63. The van der Waals surface area contributed by atoms with Gasteiger partial charge in [0.05, 0.1) is 6.54 Å². The largest absolute Gasteiger partial charge is 0.479 e. The molecule has 0 aromatic rings. The van der Waals surface area contributed by atoms with Crippen molar-refractivity contribution in [2.75, 3.05) is 13.6 Å². The highest BCUT2D eigenvalue weighted by atomic mass is 16.4. The van der Waals surface area contributed by atoms with Crippen LogP contribution in [0.3, 0.4) is 0 Å². The smallest absolute Gasteiger partial charge is 0.334 e. The lowest BCUT2D eigenvalue weighted by Gasteiger charge is -2.26. The molecule has 100 valence electrons. The van der Waals surface area contributed by atoms with Crippen LogP contribution in [0.15, 0.2) is 0 Å². The van der Waals surface area contributed by atoms with E-state index in [1.807, 2.05) is 6.92 Å². The molecule has 0 radical (unpaired) electrons. The molecule has 2 amide bonds. The Balaban J connectivity index is 4.09. The third-order valence-corrected chi connectivity index (χ3v) is 2.53. The number of amides is 2. The summed E-state index contributed by atoms with van der Waals surface area (Å²) in [6.45, 7) is 5.77. The number of carboxylic acid groups (broad SMARTS) is 1. The van der Waals surface area contributed by atoms with Crippen molar-refractivity contribution in [2.45, 2.75) is 39.3 Å². The van der Waals surface area contributed by atoms with E-state index in [-0.39, 0.29) is 18.6 Å². The molecule has 0 aromatic heterocycles. The van der Waals surface area contributed by atoms with Gasteiger partial charge in [-0.25, -0.2) is 9.59 Å². The second-order valence-corrected chi connectivity index (χ2v) is 4.63. The number of aliphatic hydroxyl groups excluding tert-OH is 1. The average molecular weight is 246 g/mol. The molecule has 17 heavy (non-hydrogen) atoms. The third-order valence-electron chi connectivity index (χ3n) is 2.53. The van der Waals surface area contributed by atoms with Crippen LogP contribution in [-0.4, -0.2) is 52.9 Å². The molecule has 0 heterocycles. The number of carbonyl (C=O) groups excluding carboxylic acids is 1. The minimum atomic E-state index is -1.56. The second kappa shape index (κ2) is 7.11. The van der Waals surface area contributed by atoms with Crippen molar-refractivity contribution < 1.29 is 19.8 Å². The molecular weight excluding hydrogens is 224 g/mol. The van der Waals surface area contributed by atoms with Gasteiger partial charge in [0.15, 0.2) is 6.10 Å². The molecule has 6 heteroatoms. The minimum Gasteiger partial charge on any atom is -0.479 e. The molecule has 3 N–H and O–H groups in total. The maximum atomic E-state index is 11.6. The third kappa shape index (κ3) is 6.11. The Labute approximate surface area is 102 Å². The summed E-state index contributed by atoms with van der Waals surface area (Å²) in [5.74, 6) is -0.868. The Morgan fingerprint density at radius 2 is 1.82 bits per heavy atom. The zero-order valence-corrected chi connectivity index (χ0v) is 10.8. The van der Waals surface area contributed by atoms with Gasteiger partial charge in [0, 0.05) is 13.1 Å². The molecule has 0 aromatic carbocycles. The summed E-state index contributed by atoms with van der Waals surface area (Å²) in [6.07, 6.45) is -0.696. The van der Waals surface area contributed by atoms with Crippen LogP contribution in [0.25, 0.3) is 0 Å². The number of nitrogens with one attached hydrogen (secondary N) is 1. The van der Waals surface area contributed by atoms with Gasteiger partial charge in [0.25, 0.3) is 0 Å². The van der Waals surface area contributed by atoms with Crippen molar-refractivity contribution in [3.05, 3.63) is 0 Å². The van der Waals surface area contributed by atoms with Gasteiger partial charge in [-0.3, -0.25) is 0 Å². The average Bonchev–Trinajstić information content (AvgIpc) is 2.22. The Bertz CT molecular complexity index is 268. The van der Waals surface area contributed by atoms with E-state index in [1.165, 1.54) is 4.90 Å². The van der Waals surface area contributed by atoms with E-state index in [0.29, 0.717) is 5.92 Å². The number of aliphatic hydroxyl groups is 1. The highest BCUT2D eigenvalue weighted by Gasteiger charge is 2.19. The van der Waals surface area contributed by atoms with Crippen LogP contribution in [0, 0.1) is 5.92 Å². The molecule has 2 atom stereocenters. The van der Waals surface area contributed by atoms with Crippen molar-refractivity contribution in [1.82, 2.24) is 10.2 Å². The first-order valence-electron chi connectivity index (χ1n) is 5.67. The van der Waals surface area contributed by atoms with Crippen LogP contribution in [0.1, 0.15) is 27.2 Å². The number of carbonyl (C=O) groups is 2. The van der Waals surface area contributed by atoms with E-state index in [9.17, 15) is 9.59 Å². The molecule has 0 spiro atoms. The van der Waals surface area contributed by atoms with Crippen LogP contribution in [-0.2, 0) is 4.79 Å². The maximum absolute atomic E-state index is 11.6. The van der Waals surface area contributed by atoms with Crippen LogP contribution < -0.4 is 5.32 Å². The number of hydrogen-bond acceptors (Lipinski definition) is 3. The highest BCUT2D eigenvalue weighted by Crippen LogP contribution is 2.09. The number of hydrogen-bond donors (Lipinski definition) is 3. The van der Waals surface area contributed by atoms with E-state index in [0.717, 1.165) is 6.42 Å². The van der Waals surface area contributed by atoms with E-state index >= 15 is 0 Å². The van der Waals surface area contributed by atoms with Crippen molar-refractivity contribution >= 4 is 12.0 Å². The van der Waals surface area contributed by atoms with Gasteiger partial charge < -0.3 is 20.4 Å². The molecule has 0 aliphatic carbocycles. The van der Waals surface area contributed by atoms with E-state index in [2.05, 4.69) is 19.2 Å². The highest BCUT2D eigenvalue weighted by molar-refractivity contribution is 5.76. The summed E-state index contributed by atoms with van der Waals surface area (Å²) in [5, 5.41) is 19.8. The molecule has 6 nitrogen and oxygen atoms in total. The SMILES string of the molecule is CC(C)CC(C)N(C)C(=O)NC[C@H](O)C(=O)O. The Hall–Kier alpha value is -1.30. The number of rotatable bonds is 6. The molecule has 0 rings (SSSR count). The van der Waals surface area contributed by atoms with Crippen LogP contribution >= 0.6 is 0 Å². The number of carboxylic acids is 1.